The topological polar surface area (TPSA) is 78.9 Å². The molecule has 0 fully saturated rings. The number of rotatable bonds is 46. The number of hydrogen-bond acceptors (Lipinski definition) is 6. The van der Waals surface area contributed by atoms with Gasteiger partial charge in [-0.1, -0.05) is 219 Å². The molecule has 0 saturated heterocycles. The standard InChI is InChI=1S/C60H96O6/c1-4-7-10-13-16-19-22-25-28-30-31-33-35-38-41-44-47-50-53-59(62)65-56-57(55-64-58(61)52-49-46-43-40-37-34-27-24-21-18-15-12-9-6-3)66-60(63)54-51-48-45-42-39-36-32-29-26-23-20-17-14-11-8-5-2/h8,11,16-17,19-20,22,25-26,28-31,33-34,36-37,39,45,48,57H,4-7,9-10,12-15,18,21,23-24,27,32,35,38,40-44,46-47,49-56H2,1-3H3/b11-8-,19-16-,20-17-,25-22-,29-26-,30-28-,33-31-,37-34-,39-36-,48-45-. The van der Waals surface area contributed by atoms with E-state index in [2.05, 4.69) is 130 Å². The summed E-state index contributed by atoms with van der Waals surface area (Å²) in [5.74, 6) is -1.05. The molecule has 1 unspecified atom stereocenters. The van der Waals surface area contributed by atoms with Crippen LogP contribution in [0.3, 0.4) is 0 Å². The summed E-state index contributed by atoms with van der Waals surface area (Å²) in [6.45, 7) is 6.37. The Morgan fingerprint density at radius 1 is 0.333 bits per heavy atom. The number of carbonyl (C=O) groups is 3. The van der Waals surface area contributed by atoms with Gasteiger partial charge in [0.1, 0.15) is 13.2 Å². The number of unbranched alkanes of at least 4 members (excludes halogenated alkanes) is 18. The van der Waals surface area contributed by atoms with E-state index in [9.17, 15) is 14.4 Å². The van der Waals surface area contributed by atoms with Crippen molar-refractivity contribution in [3.8, 4) is 0 Å². The van der Waals surface area contributed by atoms with E-state index in [-0.39, 0.29) is 31.6 Å². The molecule has 0 aliphatic heterocycles. The van der Waals surface area contributed by atoms with Crippen LogP contribution in [0.1, 0.15) is 220 Å². The van der Waals surface area contributed by atoms with Gasteiger partial charge in [0.2, 0.25) is 0 Å². The number of allylic oxidation sites excluding steroid dienone is 20. The minimum absolute atomic E-state index is 0.127. The van der Waals surface area contributed by atoms with Gasteiger partial charge in [0, 0.05) is 19.3 Å². The maximum absolute atomic E-state index is 12.8. The smallest absolute Gasteiger partial charge is 0.306 e. The normalized spacial score (nSPS) is 13.1. The molecule has 0 aromatic carbocycles. The first-order valence-electron chi connectivity index (χ1n) is 26.6. The fourth-order valence-corrected chi connectivity index (χ4v) is 6.79. The van der Waals surface area contributed by atoms with Crippen LogP contribution in [0.2, 0.25) is 0 Å². The predicted octanol–water partition coefficient (Wildman–Crippen LogP) is 17.7. The Balaban J connectivity index is 4.58. The largest absolute Gasteiger partial charge is 0.462 e. The number of carbonyl (C=O) groups excluding carboxylic acids is 3. The van der Waals surface area contributed by atoms with Crippen molar-refractivity contribution in [2.75, 3.05) is 13.2 Å². The van der Waals surface area contributed by atoms with Crippen LogP contribution in [-0.4, -0.2) is 37.2 Å². The molecule has 0 aliphatic rings. The van der Waals surface area contributed by atoms with E-state index in [1.165, 1.54) is 64.2 Å². The Bertz CT molecular complexity index is 1420. The molecule has 0 rings (SSSR count). The van der Waals surface area contributed by atoms with E-state index < -0.39 is 12.1 Å². The minimum Gasteiger partial charge on any atom is -0.462 e. The number of ether oxygens (including phenoxy) is 3. The van der Waals surface area contributed by atoms with Crippen LogP contribution in [0.15, 0.2) is 122 Å². The van der Waals surface area contributed by atoms with Gasteiger partial charge >= 0.3 is 17.9 Å². The van der Waals surface area contributed by atoms with Gasteiger partial charge < -0.3 is 14.2 Å². The molecule has 0 bridgehead atoms. The van der Waals surface area contributed by atoms with Gasteiger partial charge in [0.25, 0.3) is 0 Å². The summed E-state index contributed by atoms with van der Waals surface area (Å²) in [6.07, 6.45) is 73.3. The zero-order valence-corrected chi connectivity index (χ0v) is 42.4. The van der Waals surface area contributed by atoms with Gasteiger partial charge in [-0.25, -0.2) is 0 Å². The molecule has 0 aromatic rings. The van der Waals surface area contributed by atoms with Crippen molar-refractivity contribution in [3.63, 3.8) is 0 Å². The molecule has 1 atom stereocenters. The first-order valence-corrected chi connectivity index (χ1v) is 26.6. The van der Waals surface area contributed by atoms with E-state index in [0.29, 0.717) is 19.3 Å². The van der Waals surface area contributed by atoms with Crippen LogP contribution >= 0.6 is 0 Å². The summed E-state index contributed by atoms with van der Waals surface area (Å²) < 4.78 is 16.7. The summed E-state index contributed by atoms with van der Waals surface area (Å²) in [6, 6.07) is 0. The van der Waals surface area contributed by atoms with Crippen LogP contribution < -0.4 is 0 Å². The Morgan fingerprint density at radius 2 is 0.682 bits per heavy atom. The molecule has 0 aliphatic carbocycles. The monoisotopic (exact) mass is 913 g/mol. The van der Waals surface area contributed by atoms with Crippen molar-refractivity contribution in [1.82, 2.24) is 0 Å². The first kappa shape index (κ1) is 61.8. The summed E-state index contributed by atoms with van der Waals surface area (Å²) in [5.41, 5.74) is 0. The average Bonchev–Trinajstić information content (AvgIpc) is 3.31. The van der Waals surface area contributed by atoms with Gasteiger partial charge in [-0.05, 0) is 103 Å². The number of hydrogen-bond donors (Lipinski definition) is 0. The Hall–Kier alpha value is -4.19. The molecule has 0 heterocycles. The summed E-state index contributed by atoms with van der Waals surface area (Å²) in [5, 5.41) is 0. The minimum atomic E-state index is -0.837. The summed E-state index contributed by atoms with van der Waals surface area (Å²) in [4.78, 5) is 38.0. The Kier molecular flexibility index (Phi) is 50.0. The van der Waals surface area contributed by atoms with Crippen LogP contribution in [0.5, 0.6) is 0 Å². The highest BCUT2D eigenvalue weighted by atomic mass is 16.6. The molecule has 372 valence electrons. The Morgan fingerprint density at radius 3 is 1.17 bits per heavy atom. The second kappa shape index (κ2) is 53.4. The third kappa shape index (κ3) is 50.8. The van der Waals surface area contributed by atoms with Crippen molar-refractivity contribution in [2.24, 2.45) is 0 Å². The van der Waals surface area contributed by atoms with Gasteiger partial charge in [0.15, 0.2) is 6.10 Å². The van der Waals surface area contributed by atoms with Gasteiger partial charge in [-0.15, -0.1) is 0 Å². The van der Waals surface area contributed by atoms with Crippen LogP contribution in [-0.2, 0) is 28.6 Å². The number of esters is 3. The Labute approximate surface area is 405 Å². The van der Waals surface area contributed by atoms with E-state index in [1.807, 2.05) is 12.2 Å². The highest BCUT2D eigenvalue weighted by molar-refractivity contribution is 5.71. The van der Waals surface area contributed by atoms with Gasteiger partial charge in [0.05, 0.1) is 0 Å². The van der Waals surface area contributed by atoms with E-state index in [4.69, 9.17) is 14.2 Å². The molecular formula is C60H96O6. The molecule has 0 spiro atoms. The lowest BCUT2D eigenvalue weighted by molar-refractivity contribution is -0.166. The summed E-state index contributed by atoms with van der Waals surface area (Å²) >= 11 is 0. The third-order valence-corrected chi connectivity index (χ3v) is 10.8. The van der Waals surface area contributed by atoms with Crippen molar-refractivity contribution < 1.29 is 28.6 Å². The van der Waals surface area contributed by atoms with Crippen LogP contribution in [0.25, 0.3) is 0 Å². The second-order valence-corrected chi connectivity index (χ2v) is 17.1. The molecule has 6 nitrogen and oxygen atoms in total. The van der Waals surface area contributed by atoms with Crippen LogP contribution in [0, 0.1) is 0 Å². The maximum atomic E-state index is 12.8. The highest BCUT2D eigenvalue weighted by Gasteiger charge is 2.19. The lowest BCUT2D eigenvalue weighted by Gasteiger charge is -2.18. The zero-order chi connectivity index (χ0) is 47.9. The maximum Gasteiger partial charge on any atom is 0.306 e. The van der Waals surface area contributed by atoms with Crippen LogP contribution in [0.4, 0.5) is 0 Å². The van der Waals surface area contributed by atoms with E-state index in [0.717, 1.165) is 109 Å². The highest BCUT2D eigenvalue weighted by Crippen LogP contribution is 2.12. The molecule has 66 heavy (non-hydrogen) atoms. The fraction of sp³-hybridized carbons (Fsp3) is 0.617. The van der Waals surface area contributed by atoms with Crippen molar-refractivity contribution in [3.05, 3.63) is 122 Å². The third-order valence-electron chi connectivity index (χ3n) is 10.8. The fourth-order valence-electron chi connectivity index (χ4n) is 6.79. The molecule has 6 heteroatoms. The molecule has 0 saturated carbocycles. The van der Waals surface area contributed by atoms with E-state index >= 15 is 0 Å². The molecule has 0 N–H and O–H groups in total. The lowest BCUT2D eigenvalue weighted by atomic mass is 10.1. The van der Waals surface area contributed by atoms with Gasteiger partial charge in [-0.2, -0.15) is 0 Å². The zero-order valence-electron chi connectivity index (χ0n) is 42.4. The molecule has 0 radical (unpaired) electrons. The second-order valence-electron chi connectivity index (χ2n) is 17.1. The average molecular weight is 913 g/mol. The van der Waals surface area contributed by atoms with Crippen molar-refractivity contribution >= 4 is 17.9 Å². The lowest BCUT2D eigenvalue weighted by Crippen LogP contribution is -2.30. The summed E-state index contributed by atoms with van der Waals surface area (Å²) in [7, 11) is 0. The molecule has 0 amide bonds. The quantitative estimate of drug-likeness (QED) is 0.0199. The van der Waals surface area contributed by atoms with Gasteiger partial charge in [-0.3, -0.25) is 14.4 Å². The molecule has 0 aromatic heterocycles. The predicted molar refractivity (Wildman–Crippen MR) is 283 cm³/mol. The van der Waals surface area contributed by atoms with Crippen molar-refractivity contribution in [2.45, 2.75) is 226 Å². The first-order chi connectivity index (χ1) is 32.5. The SMILES string of the molecule is CC/C=C\C/C=C\C/C=C\C/C=C\C/C=C\CCC(=O)OC(COC(=O)CCCCC/C=C\CCCCCCCCC)COC(=O)CCCCCCC\C=C/C=C\C=C/C=C\CCCCC. The van der Waals surface area contributed by atoms with Crippen molar-refractivity contribution in [1.29, 1.82) is 0 Å². The van der Waals surface area contributed by atoms with E-state index in [1.54, 1.807) is 0 Å². The molecular weight excluding hydrogens is 817 g/mol.